The summed E-state index contributed by atoms with van der Waals surface area (Å²) in [6.07, 6.45) is 1.71. The van der Waals surface area contributed by atoms with E-state index in [1.807, 2.05) is 42.8 Å². The van der Waals surface area contributed by atoms with Gasteiger partial charge in [0.1, 0.15) is 11.4 Å². The molecule has 20 heavy (non-hydrogen) atoms. The Morgan fingerprint density at radius 3 is 2.70 bits per heavy atom. The number of hydrogen-bond donors (Lipinski definition) is 1. The zero-order valence-electron chi connectivity index (χ0n) is 12.1. The zero-order chi connectivity index (χ0) is 14.9. The highest BCUT2D eigenvalue weighted by Gasteiger charge is 2.33. The maximum Gasteiger partial charge on any atom is 0.130 e. The Morgan fingerprint density at radius 2 is 2.10 bits per heavy atom. The third-order valence-corrected chi connectivity index (χ3v) is 3.91. The molecule has 1 atom stereocenters. The largest absolute Gasteiger partial charge is 0.497 e. The number of aromatic nitrogens is 2. The first-order valence-electron chi connectivity index (χ1n) is 6.48. The van der Waals surface area contributed by atoms with Gasteiger partial charge in [-0.25, -0.2) is 0 Å². The van der Waals surface area contributed by atoms with Crippen molar-refractivity contribution in [2.24, 2.45) is 0 Å². The van der Waals surface area contributed by atoms with Crippen LogP contribution in [0.4, 0.5) is 0 Å². The highest BCUT2D eigenvalue weighted by atomic mass is 79.9. The minimum absolute atomic E-state index is 0.161. The Balaban J connectivity index is 2.56. The van der Waals surface area contributed by atoms with E-state index < -0.39 is 5.60 Å². The molecule has 0 spiro atoms. The van der Waals surface area contributed by atoms with Crippen molar-refractivity contribution >= 4 is 15.9 Å². The molecule has 0 aliphatic heterocycles. The van der Waals surface area contributed by atoms with Crippen molar-refractivity contribution in [3.8, 4) is 5.75 Å². The molecule has 1 unspecified atom stereocenters. The van der Waals surface area contributed by atoms with Crippen LogP contribution < -0.4 is 4.74 Å². The van der Waals surface area contributed by atoms with Crippen LogP contribution >= 0.6 is 15.9 Å². The second-order valence-corrected chi connectivity index (χ2v) is 6.04. The summed E-state index contributed by atoms with van der Waals surface area (Å²) < 4.78 is 7.84. The van der Waals surface area contributed by atoms with Gasteiger partial charge in [-0.05, 0) is 54.4 Å². The zero-order valence-corrected chi connectivity index (χ0v) is 13.7. The molecule has 2 rings (SSSR count). The number of halogens is 1. The van der Waals surface area contributed by atoms with Crippen molar-refractivity contribution in [1.29, 1.82) is 0 Å². The van der Waals surface area contributed by atoms with Crippen molar-refractivity contribution in [2.45, 2.75) is 32.4 Å². The van der Waals surface area contributed by atoms with Crippen molar-refractivity contribution in [2.75, 3.05) is 7.11 Å². The molecule has 1 N–H and O–H groups in total. The molecule has 0 amide bonds. The lowest BCUT2D eigenvalue weighted by molar-refractivity contribution is 0.0889. The first-order chi connectivity index (χ1) is 9.37. The molecule has 2 aromatic rings. The monoisotopic (exact) mass is 338 g/mol. The minimum atomic E-state index is -1.16. The number of methoxy groups -OCH3 is 1. The molecule has 0 saturated heterocycles. The first-order valence-corrected chi connectivity index (χ1v) is 7.27. The fourth-order valence-corrected chi connectivity index (χ4v) is 2.91. The summed E-state index contributed by atoms with van der Waals surface area (Å²) in [7, 11) is 1.61. The maximum atomic E-state index is 11.0. The van der Waals surface area contributed by atoms with E-state index in [-0.39, 0.29) is 6.04 Å². The van der Waals surface area contributed by atoms with E-state index in [4.69, 9.17) is 4.74 Å². The van der Waals surface area contributed by atoms with E-state index in [0.717, 1.165) is 21.5 Å². The Labute approximate surface area is 127 Å². The van der Waals surface area contributed by atoms with Crippen LogP contribution in [0.5, 0.6) is 5.75 Å². The highest BCUT2D eigenvalue weighted by Crippen LogP contribution is 2.36. The van der Waals surface area contributed by atoms with Crippen molar-refractivity contribution in [3.05, 3.63) is 46.2 Å². The summed E-state index contributed by atoms with van der Waals surface area (Å²) in [6, 6.07) is 7.60. The second kappa shape index (κ2) is 5.58. The molecular formula is C15H19BrN2O2. The van der Waals surface area contributed by atoms with Gasteiger partial charge in [0.05, 0.1) is 23.5 Å². The van der Waals surface area contributed by atoms with Crippen LogP contribution in [0.3, 0.4) is 0 Å². The number of benzene rings is 1. The van der Waals surface area contributed by atoms with Gasteiger partial charge in [0.25, 0.3) is 0 Å². The van der Waals surface area contributed by atoms with Gasteiger partial charge in [-0.2, -0.15) is 5.10 Å². The molecule has 0 fully saturated rings. The molecule has 0 aliphatic rings. The number of aliphatic hydroxyl groups is 1. The fraction of sp³-hybridized carbons (Fsp3) is 0.400. The van der Waals surface area contributed by atoms with Crippen LogP contribution in [-0.4, -0.2) is 22.0 Å². The average Bonchev–Trinajstić information content (AvgIpc) is 2.81. The van der Waals surface area contributed by atoms with Crippen LogP contribution in [0.15, 0.2) is 34.9 Å². The summed E-state index contributed by atoms with van der Waals surface area (Å²) >= 11 is 3.48. The van der Waals surface area contributed by atoms with E-state index in [0.29, 0.717) is 0 Å². The number of ether oxygens (including phenoxy) is 1. The lowest BCUT2D eigenvalue weighted by Gasteiger charge is -2.27. The predicted octanol–water partition coefficient (Wildman–Crippen LogP) is 3.49. The molecule has 108 valence electrons. The quantitative estimate of drug-likeness (QED) is 0.928. The third kappa shape index (κ3) is 2.60. The van der Waals surface area contributed by atoms with Gasteiger partial charge >= 0.3 is 0 Å². The maximum absolute atomic E-state index is 11.0. The number of hydrogen-bond acceptors (Lipinski definition) is 3. The van der Waals surface area contributed by atoms with Gasteiger partial charge in [-0.3, -0.25) is 4.68 Å². The molecule has 0 bridgehead atoms. The van der Waals surface area contributed by atoms with Gasteiger partial charge in [0.2, 0.25) is 0 Å². The van der Waals surface area contributed by atoms with E-state index in [2.05, 4.69) is 21.0 Å². The van der Waals surface area contributed by atoms with Crippen molar-refractivity contribution in [3.63, 3.8) is 0 Å². The predicted molar refractivity (Wildman–Crippen MR) is 82.0 cm³/mol. The number of nitrogens with zero attached hydrogens (tertiary/aromatic N) is 2. The van der Waals surface area contributed by atoms with Gasteiger partial charge in [-0.1, -0.05) is 12.1 Å². The fourth-order valence-electron chi connectivity index (χ4n) is 2.25. The van der Waals surface area contributed by atoms with Crippen molar-refractivity contribution in [1.82, 2.24) is 9.78 Å². The summed E-state index contributed by atoms with van der Waals surface area (Å²) in [6.45, 7) is 5.83. The standard InChI is InChI=1S/C15H19BrN2O2/c1-10(2)18-14(13(16)9-17-18)15(3,19)11-6-5-7-12(8-11)20-4/h5-10,19H,1-4H3. The lowest BCUT2D eigenvalue weighted by atomic mass is 9.92. The molecule has 0 saturated carbocycles. The highest BCUT2D eigenvalue weighted by molar-refractivity contribution is 9.10. The van der Waals surface area contributed by atoms with Crippen LogP contribution in [0, 0.1) is 0 Å². The Bertz CT molecular complexity index is 606. The Morgan fingerprint density at radius 1 is 1.40 bits per heavy atom. The van der Waals surface area contributed by atoms with Crippen molar-refractivity contribution < 1.29 is 9.84 Å². The van der Waals surface area contributed by atoms with E-state index in [1.54, 1.807) is 20.2 Å². The molecular weight excluding hydrogens is 320 g/mol. The molecule has 1 aromatic heterocycles. The van der Waals surface area contributed by atoms with Gasteiger partial charge < -0.3 is 9.84 Å². The van der Waals surface area contributed by atoms with E-state index >= 15 is 0 Å². The lowest BCUT2D eigenvalue weighted by Crippen LogP contribution is -2.28. The topological polar surface area (TPSA) is 47.3 Å². The summed E-state index contributed by atoms with van der Waals surface area (Å²) in [4.78, 5) is 0. The smallest absolute Gasteiger partial charge is 0.130 e. The van der Waals surface area contributed by atoms with E-state index in [9.17, 15) is 5.11 Å². The third-order valence-electron chi connectivity index (χ3n) is 3.33. The van der Waals surface area contributed by atoms with Crippen LogP contribution in [0.2, 0.25) is 0 Å². The molecule has 5 heteroatoms. The molecule has 0 radical (unpaired) electrons. The SMILES string of the molecule is COc1cccc(C(C)(O)c2c(Br)cnn2C(C)C)c1. The molecule has 1 aromatic carbocycles. The van der Waals surface area contributed by atoms with Crippen LogP contribution in [-0.2, 0) is 5.60 Å². The van der Waals surface area contributed by atoms with Gasteiger partial charge in [0, 0.05) is 6.04 Å². The molecule has 1 heterocycles. The second-order valence-electron chi connectivity index (χ2n) is 5.18. The summed E-state index contributed by atoms with van der Waals surface area (Å²) in [5.74, 6) is 0.717. The van der Waals surface area contributed by atoms with Gasteiger partial charge in [-0.15, -0.1) is 0 Å². The first kappa shape index (κ1) is 15.1. The van der Waals surface area contributed by atoms with Crippen LogP contribution in [0.1, 0.15) is 38.1 Å². The Kier molecular flexibility index (Phi) is 4.20. The molecule has 0 aliphatic carbocycles. The van der Waals surface area contributed by atoms with Crippen LogP contribution in [0.25, 0.3) is 0 Å². The molecule has 4 nitrogen and oxygen atoms in total. The Hall–Kier alpha value is -1.33. The summed E-state index contributed by atoms with van der Waals surface area (Å²) in [5, 5.41) is 15.4. The summed E-state index contributed by atoms with van der Waals surface area (Å²) in [5.41, 5.74) is 0.342. The van der Waals surface area contributed by atoms with E-state index in [1.165, 1.54) is 0 Å². The average molecular weight is 339 g/mol. The normalized spacial score (nSPS) is 14.3. The number of rotatable bonds is 4. The van der Waals surface area contributed by atoms with Gasteiger partial charge in [0.15, 0.2) is 0 Å². The minimum Gasteiger partial charge on any atom is -0.497 e.